The molecule has 1 rings (SSSR count). The molecule has 1 aromatic carbocycles. The van der Waals surface area contributed by atoms with Gasteiger partial charge in [0.25, 0.3) is 0 Å². The Morgan fingerprint density at radius 1 is 1.00 bits per heavy atom. The van der Waals surface area contributed by atoms with Crippen LogP contribution in [0.25, 0.3) is 0 Å². The summed E-state index contributed by atoms with van der Waals surface area (Å²) in [6.45, 7) is 0. The smallest absolute Gasteiger partial charge is 0 e. The van der Waals surface area contributed by atoms with Crippen LogP contribution in [0.5, 0.6) is 0 Å². The number of benzene rings is 1. The minimum atomic E-state index is 0. The van der Waals surface area contributed by atoms with Crippen molar-refractivity contribution in [1.82, 2.24) is 0 Å². The molecule has 0 spiro atoms. The minimum Gasteiger partial charge on any atom is -0.106 e. The van der Waals surface area contributed by atoms with Crippen molar-refractivity contribution in [1.29, 1.82) is 0 Å². The molecule has 0 saturated heterocycles. The molecule has 0 amide bonds. The molecular formula is C6H7AuP. The van der Waals surface area contributed by atoms with E-state index in [1.807, 2.05) is 30.3 Å². The third-order valence-corrected chi connectivity index (χ3v) is 1.18. The summed E-state index contributed by atoms with van der Waals surface area (Å²) in [6.07, 6.45) is 0. The summed E-state index contributed by atoms with van der Waals surface area (Å²) in [5, 5.41) is 1.24. The van der Waals surface area contributed by atoms with Crippen LogP contribution in [0.2, 0.25) is 0 Å². The van der Waals surface area contributed by atoms with Gasteiger partial charge < -0.3 is 0 Å². The van der Waals surface area contributed by atoms with Crippen molar-refractivity contribution in [3.63, 3.8) is 0 Å². The van der Waals surface area contributed by atoms with E-state index in [-0.39, 0.29) is 22.4 Å². The van der Waals surface area contributed by atoms with Gasteiger partial charge in [-0.15, -0.1) is 9.24 Å². The normalized spacial score (nSPS) is 7.62. The fraction of sp³-hybridized carbons (Fsp3) is 0. The van der Waals surface area contributed by atoms with Crippen LogP contribution in [0.4, 0.5) is 0 Å². The van der Waals surface area contributed by atoms with E-state index in [0.29, 0.717) is 0 Å². The van der Waals surface area contributed by atoms with Crippen molar-refractivity contribution in [2.75, 3.05) is 0 Å². The summed E-state index contributed by atoms with van der Waals surface area (Å²) in [4.78, 5) is 0. The van der Waals surface area contributed by atoms with Crippen molar-refractivity contribution in [3.05, 3.63) is 30.3 Å². The van der Waals surface area contributed by atoms with Gasteiger partial charge in [-0.25, -0.2) is 0 Å². The number of rotatable bonds is 0. The predicted octanol–water partition coefficient (Wildman–Crippen LogP) is 1.18. The Morgan fingerprint density at radius 3 is 1.75 bits per heavy atom. The Labute approximate surface area is 67.4 Å². The van der Waals surface area contributed by atoms with Crippen molar-refractivity contribution in [3.8, 4) is 0 Å². The molecule has 8 heavy (non-hydrogen) atoms. The molecule has 0 N–H and O–H groups in total. The molecule has 0 bridgehead atoms. The molecule has 1 unspecified atom stereocenters. The maximum Gasteiger partial charge on any atom is 0 e. The monoisotopic (exact) mass is 307 g/mol. The fourth-order valence-electron chi connectivity index (χ4n) is 0.453. The van der Waals surface area contributed by atoms with Crippen LogP contribution in [0.1, 0.15) is 0 Å². The summed E-state index contributed by atoms with van der Waals surface area (Å²) < 4.78 is 0. The Kier molecular flexibility index (Phi) is 4.50. The van der Waals surface area contributed by atoms with E-state index in [9.17, 15) is 0 Å². The van der Waals surface area contributed by atoms with E-state index in [2.05, 4.69) is 9.24 Å². The van der Waals surface area contributed by atoms with E-state index in [4.69, 9.17) is 0 Å². The van der Waals surface area contributed by atoms with Crippen LogP contribution >= 0.6 is 9.24 Å². The molecule has 1 atom stereocenters. The van der Waals surface area contributed by atoms with Gasteiger partial charge in [0, 0.05) is 22.4 Å². The molecule has 1 radical (unpaired) electrons. The molecular weight excluding hydrogens is 300 g/mol. The van der Waals surface area contributed by atoms with Gasteiger partial charge >= 0.3 is 0 Å². The van der Waals surface area contributed by atoms with E-state index < -0.39 is 0 Å². The van der Waals surface area contributed by atoms with Crippen LogP contribution in [0.3, 0.4) is 0 Å². The van der Waals surface area contributed by atoms with Gasteiger partial charge in [0.05, 0.1) is 0 Å². The minimum absolute atomic E-state index is 0. The maximum atomic E-state index is 2.63. The second-order valence-electron chi connectivity index (χ2n) is 1.41. The second-order valence-corrected chi connectivity index (χ2v) is 2.08. The predicted molar refractivity (Wildman–Crippen MR) is 35.8 cm³/mol. The Hall–Kier alpha value is 0.390. The summed E-state index contributed by atoms with van der Waals surface area (Å²) in [5.41, 5.74) is 0. The van der Waals surface area contributed by atoms with E-state index >= 15 is 0 Å². The first-order chi connectivity index (χ1) is 3.39. The van der Waals surface area contributed by atoms with Crippen LogP contribution in [-0.4, -0.2) is 0 Å². The SMILES string of the molecule is Pc1ccccc1.[Au]. The van der Waals surface area contributed by atoms with Crippen LogP contribution in [0, 0.1) is 0 Å². The van der Waals surface area contributed by atoms with Gasteiger partial charge in [-0.2, -0.15) is 0 Å². The third kappa shape index (κ3) is 2.64. The Morgan fingerprint density at radius 2 is 1.50 bits per heavy atom. The van der Waals surface area contributed by atoms with Crippen molar-refractivity contribution < 1.29 is 22.4 Å². The first kappa shape index (κ1) is 8.39. The average molecular weight is 307 g/mol. The maximum absolute atomic E-state index is 2.63. The van der Waals surface area contributed by atoms with Crippen LogP contribution < -0.4 is 5.30 Å². The topological polar surface area (TPSA) is 0 Å². The molecule has 0 aliphatic rings. The van der Waals surface area contributed by atoms with E-state index in [1.165, 1.54) is 5.30 Å². The molecule has 0 heterocycles. The Balaban J connectivity index is 0.000000490. The zero-order chi connectivity index (χ0) is 5.11. The van der Waals surface area contributed by atoms with Gasteiger partial charge in [-0.1, -0.05) is 30.3 Å². The number of hydrogen-bond acceptors (Lipinski definition) is 0. The van der Waals surface area contributed by atoms with Gasteiger partial charge in [0.2, 0.25) is 0 Å². The molecule has 0 aromatic heterocycles. The van der Waals surface area contributed by atoms with Crippen molar-refractivity contribution in [2.24, 2.45) is 0 Å². The van der Waals surface area contributed by atoms with Gasteiger partial charge in [-0.05, 0) is 5.30 Å². The first-order valence-corrected chi connectivity index (χ1v) is 2.78. The second kappa shape index (κ2) is 4.29. The first-order valence-electron chi connectivity index (χ1n) is 2.20. The standard InChI is InChI=1S/C6H7P.Au/c7-6-4-2-1-3-5-6;/h1-5H,7H2;. The molecule has 1 aromatic rings. The van der Waals surface area contributed by atoms with E-state index in [1.54, 1.807) is 0 Å². The van der Waals surface area contributed by atoms with Gasteiger partial charge in [-0.3, -0.25) is 0 Å². The quantitative estimate of drug-likeness (QED) is 0.499. The summed E-state index contributed by atoms with van der Waals surface area (Å²) in [7, 11) is 2.63. The van der Waals surface area contributed by atoms with Gasteiger partial charge in [0.15, 0.2) is 0 Å². The number of hydrogen-bond donors (Lipinski definition) is 0. The summed E-state index contributed by atoms with van der Waals surface area (Å²) in [6, 6.07) is 10.1. The molecule has 0 aliphatic heterocycles. The largest absolute Gasteiger partial charge is 0.106 e. The molecule has 0 fully saturated rings. The summed E-state index contributed by atoms with van der Waals surface area (Å²) in [5.74, 6) is 0. The zero-order valence-electron chi connectivity index (χ0n) is 4.27. The molecule has 0 nitrogen and oxygen atoms in total. The van der Waals surface area contributed by atoms with Crippen molar-refractivity contribution >= 4 is 14.5 Å². The van der Waals surface area contributed by atoms with Crippen molar-refractivity contribution in [2.45, 2.75) is 0 Å². The molecule has 0 aliphatic carbocycles. The van der Waals surface area contributed by atoms with Crippen LogP contribution in [0.15, 0.2) is 30.3 Å². The average Bonchev–Trinajstić information content (AvgIpc) is 1.69. The van der Waals surface area contributed by atoms with Crippen LogP contribution in [-0.2, 0) is 22.4 Å². The molecule has 47 valence electrons. The Bertz CT molecular complexity index is 138. The van der Waals surface area contributed by atoms with Gasteiger partial charge in [0.1, 0.15) is 0 Å². The zero-order valence-corrected chi connectivity index (χ0v) is 7.59. The molecule has 2 heteroatoms. The van der Waals surface area contributed by atoms with E-state index in [0.717, 1.165) is 0 Å². The molecule has 0 saturated carbocycles. The third-order valence-electron chi connectivity index (χ3n) is 0.800. The summed E-state index contributed by atoms with van der Waals surface area (Å²) >= 11 is 0. The fourth-order valence-corrected chi connectivity index (χ4v) is 0.675.